The molecule has 254 valence electrons. The molecule has 24 heteroatoms. The standard InChI is InChI=1S/C25H22N12O9S3/c1-8-28-25-30-10(18(39)34-45)2-14(37(25)33-8)47-5-9-6-48-22-16(21(42)36(22)17(9)23(43)44)32-20(41)15(11-7-49-24(26)29-11)35-46-4-13-27-3-12(38)19(40)31-13/h2-3,7,16,22,38,45H,4-6H2,1H3,(H2,26,29)(H,32,41)(H,34,39)(H,43,44)(H,27,31,40)/b35-15+/t16-,22-/m1/s1. The molecule has 3 amide bonds. The van der Waals surface area contributed by atoms with Gasteiger partial charge >= 0.3 is 5.97 Å². The molecule has 6 rings (SSSR count). The fourth-order valence-electron chi connectivity index (χ4n) is 4.64. The van der Waals surface area contributed by atoms with Crippen LogP contribution in [0.15, 0.2) is 43.9 Å². The number of nitrogen functional groups attached to an aromatic ring is 1. The van der Waals surface area contributed by atoms with Gasteiger partial charge in [0.2, 0.25) is 0 Å². The number of amides is 3. The number of aryl methyl sites for hydroxylation is 1. The Bertz CT molecular complexity index is 2150. The van der Waals surface area contributed by atoms with E-state index < -0.39 is 53.0 Å². The molecule has 2 aliphatic rings. The molecule has 0 bridgehead atoms. The Morgan fingerprint density at radius 3 is 2.73 bits per heavy atom. The lowest BCUT2D eigenvalue weighted by atomic mass is 10.0. The number of aromatic nitrogens is 7. The molecule has 1 fully saturated rings. The minimum Gasteiger partial charge on any atom is -0.502 e. The molecule has 0 spiro atoms. The van der Waals surface area contributed by atoms with E-state index in [-0.39, 0.29) is 51.0 Å². The van der Waals surface area contributed by atoms with E-state index in [9.17, 15) is 34.2 Å². The number of hydrogen-bond donors (Lipinski definition) is 7. The molecule has 6 heterocycles. The van der Waals surface area contributed by atoms with Crippen molar-refractivity contribution in [3.8, 4) is 5.75 Å². The lowest BCUT2D eigenvalue weighted by Crippen LogP contribution is -2.71. The first kappa shape index (κ1) is 33.3. The van der Waals surface area contributed by atoms with E-state index in [1.54, 1.807) is 6.92 Å². The van der Waals surface area contributed by atoms with Crippen LogP contribution >= 0.6 is 34.9 Å². The maximum atomic E-state index is 13.4. The zero-order valence-electron chi connectivity index (χ0n) is 24.7. The predicted octanol–water partition coefficient (Wildman–Crippen LogP) is -1.17. The number of carbonyl (C=O) groups excluding carboxylic acids is 3. The van der Waals surface area contributed by atoms with Gasteiger partial charge in [-0.05, 0) is 12.5 Å². The number of nitrogens with two attached hydrogens (primary N) is 1. The highest BCUT2D eigenvalue weighted by molar-refractivity contribution is 8.01. The van der Waals surface area contributed by atoms with Gasteiger partial charge in [0.05, 0.1) is 6.20 Å². The summed E-state index contributed by atoms with van der Waals surface area (Å²) >= 11 is 3.36. The topological polar surface area (TPSA) is 306 Å². The van der Waals surface area contributed by atoms with Crippen LogP contribution in [-0.4, -0.2) is 107 Å². The van der Waals surface area contributed by atoms with E-state index in [0.29, 0.717) is 16.4 Å². The highest BCUT2D eigenvalue weighted by Crippen LogP contribution is 2.41. The molecule has 21 nitrogen and oxygen atoms in total. The zero-order chi connectivity index (χ0) is 35.0. The molecule has 1 saturated heterocycles. The zero-order valence-corrected chi connectivity index (χ0v) is 27.1. The van der Waals surface area contributed by atoms with Gasteiger partial charge in [0.15, 0.2) is 23.2 Å². The number of carbonyl (C=O) groups is 4. The second-order valence-electron chi connectivity index (χ2n) is 10.0. The van der Waals surface area contributed by atoms with Gasteiger partial charge < -0.3 is 31.1 Å². The number of thioether (sulfide) groups is 2. The highest BCUT2D eigenvalue weighted by Gasteiger charge is 2.54. The Balaban J connectivity index is 1.19. The number of aromatic amines is 1. The van der Waals surface area contributed by atoms with Crippen molar-refractivity contribution in [2.24, 2.45) is 5.16 Å². The van der Waals surface area contributed by atoms with Crippen molar-refractivity contribution >= 4 is 75.2 Å². The molecule has 0 aromatic carbocycles. The van der Waals surface area contributed by atoms with Crippen molar-refractivity contribution in [1.82, 2.24) is 50.2 Å². The van der Waals surface area contributed by atoms with Gasteiger partial charge in [-0.25, -0.2) is 25.2 Å². The first-order valence-corrected chi connectivity index (χ1v) is 16.6. The van der Waals surface area contributed by atoms with E-state index in [1.165, 1.54) is 33.2 Å². The predicted molar refractivity (Wildman–Crippen MR) is 170 cm³/mol. The molecular weight excluding hydrogens is 709 g/mol. The Labute approximate surface area is 284 Å². The number of nitrogens with one attached hydrogen (secondary N) is 3. The van der Waals surface area contributed by atoms with Crippen LogP contribution in [0.2, 0.25) is 0 Å². The highest BCUT2D eigenvalue weighted by atomic mass is 32.2. The molecule has 0 saturated carbocycles. The SMILES string of the molecule is Cc1nc2nc(C(=O)NO)cc(SCC3=C(C(=O)O)N4C(=O)[C@@H](NC(=O)/C(=N/OCc5ncc(O)c(=O)[nH]5)c5csc(N)n5)[C@H]4SC3)n2n1. The maximum absolute atomic E-state index is 13.4. The molecule has 0 aliphatic carbocycles. The number of carboxylic acid groups (broad SMARTS) is 1. The Hall–Kier alpha value is -5.59. The number of H-pyrrole nitrogens is 1. The lowest BCUT2D eigenvalue weighted by Gasteiger charge is -2.49. The summed E-state index contributed by atoms with van der Waals surface area (Å²) < 4.78 is 1.37. The van der Waals surface area contributed by atoms with Crippen LogP contribution in [0.25, 0.3) is 5.78 Å². The number of anilines is 1. The van der Waals surface area contributed by atoms with Gasteiger partial charge in [0.25, 0.3) is 29.1 Å². The van der Waals surface area contributed by atoms with Crippen molar-refractivity contribution in [2.45, 2.75) is 30.0 Å². The molecule has 4 aromatic heterocycles. The molecule has 49 heavy (non-hydrogen) atoms. The van der Waals surface area contributed by atoms with E-state index in [2.05, 4.69) is 40.5 Å². The summed E-state index contributed by atoms with van der Waals surface area (Å²) in [6, 6.07) is 0.228. The molecule has 0 radical (unpaired) electrons. The number of aliphatic carboxylic acids is 1. The van der Waals surface area contributed by atoms with Crippen molar-refractivity contribution in [3.05, 3.63) is 62.3 Å². The molecule has 8 N–H and O–H groups in total. The van der Waals surface area contributed by atoms with Crippen LogP contribution in [0.4, 0.5) is 5.13 Å². The van der Waals surface area contributed by atoms with Gasteiger partial charge in [-0.3, -0.25) is 29.3 Å². The smallest absolute Gasteiger partial charge is 0.352 e. The lowest BCUT2D eigenvalue weighted by molar-refractivity contribution is -0.150. The van der Waals surface area contributed by atoms with Crippen LogP contribution in [0.1, 0.15) is 27.8 Å². The van der Waals surface area contributed by atoms with E-state index in [0.717, 1.165) is 34.2 Å². The number of nitrogens with zero attached hydrogens (tertiary/aromatic N) is 8. The van der Waals surface area contributed by atoms with Crippen molar-refractivity contribution < 1.29 is 39.4 Å². The second kappa shape index (κ2) is 13.5. The quantitative estimate of drug-likeness (QED) is 0.0239. The van der Waals surface area contributed by atoms with Gasteiger partial charge in [-0.1, -0.05) is 5.16 Å². The summed E-state index contributed by atoms with van der Waals surface area (Å²) in [5, 5.41) is 40.4. The molecule has 0 unspecified atom stereocenters. The van der Waals surface area contributed by atoms with E-state index >= 15 is 0 Å². The summed E-state index contributed by atoms with van der Waals surface area (Å²) in [5.41, 5.74) is 6.10. The fourth-order valence-corrected chi connectivity index (χ4v) is 7.66. The number of β-lactam (4-membered cyclic amide) rings is 1. The van der Waals surface area contributed by atoms with Crippen LogP contribution < -0.4 is 22.1 Å². The Morgan fingerprint density at radius 1 is 1.24 bits per heavy atom. The van der Waals surface area contributed by atoms with Gasteiger partial charge in [0, 0.05) is 23.0 Å². The Kier molecular flexibility index (Phi) is 9.18. The summed E-state index contributed by atoms with van der Waals surface area (Å²) in [6.07, 6.45) is 0.917. The van der Waals surface area contributed by atoms with Gasteiger partial charge in [0.1, 0.15) is 45.2 Å². The largest absolute Gasteiger partial charge is 0.502 e. The van der Waals surface area contributed by atoms with Gasteiger partial charge in [-0.2, -0.15) is 9.50 Å². The third-order valence-electron chi connectivity index (χ3n) is 6.82. The number of hydrogen-bond acceptors (Lipinski definition) is 18. The number of carboxylic acids is 1. The number of thiazole rings is 1. The third-order valence-corrected chi connectivity index (χ3v) is 9.91. The summed E-state index contributed by atoms with van der Waals surface area (Å²) in [6.45, 7) is 1.22. The van der Waals surface area contributed by atoms with E-state index in [4.69, 9.17) is 15.8 Å². The molecule has 4 aromatic rings. The summed E-state index contributed by atoms with van der Waals surface area (Å²) in [5.74, 6) is -3.70. The minimum atomic E-state index is -1.36. The average molecular weight is 731 g/mol. The minimum absolute atomic E-state index is 0.00433. The number of aromatic hydroxyl groups is 1. The average Bonchev–Trinajstić information content (AvgIpc) is 3.68. The molecule has 2 aliphatic heterocycles. The number of rotatable bonds is 11. The number of hydroxylamine groups is 1. The maximum Gasteiger partial charge on any atom is 0.352 e. The van der Waals surface area contributed by atoms with Gasteiger partial charge in [-0.15, -0.1) is 40.0 Å². The number of oxime groups is 1. The van der Waals surface area contributed by atoms with Crippen LogP contribution in [0.3, 0.4) is 0 Å². The molecule has 2 atom stereocenters. The third kappa shape index (κ3) is 6.60. The monoisotopic (exact) mass is 730 g/mol. The van der Waals surface area contributed by atoms with Crippen LogP contribution in [-0.2, 0) is 25.8 Å². The van der Waals surface area contributed by atoms with Crippen molar-refractivity contribution in [3.63, 3.8) is 0 Å². The first-order valence-electron chi connectivity index (χ1n) is 13.7. The van der Waals surface area contributed by atoms with Crippen LogP contribution in [0, 0.1) is 6.92 Å². The Morgan fingerprint density at radius 2 is 2.04 bits per heavy atom. The van der Waals surface area contributed by atoms with Crippen molar-refractivity contribution in [1.29, 1.82) is 0 Å². The fraction of sp³-hybridized carbons (Fsp3) is 0.240. The second-order valence-corrected chi connectivity index (χ2v) is 13.0. The van der Waals surface area contributed by atoms with Crippen LogP contribution in [0.5, 0.6) is 5.75 Å². The summed E-state index contributed by atoms with van der Waals surface area (Å²) in [7, 11) is 0. The normalized spacial score (nSPS) is 17.5. The van der Waals surface area contributed by atoms with Crippen molar-refractivity contribution in [2.75, 3.05) is 17.2 Å². The van der Waals surface area contributed by atoms with E-state index in [1.807, 2.05) is 0 Å². The summed E-state index contributed by atoms with van der Waals surface area (Å²) in [4.78, 5) is 87.5. The first-order chi connectivity index (χ1) is 23.4. The number of fused-ring (bicyclic) bond motifs is 2. The molecular formula is C25H22N12O9S3.